The second-order valence-corrected chi connectivity index (χ2v) is 12.8. The first-order valence-corrected chi connectivity index (χ1v) is 16.7. The molecule has 0 bridgehead atoms. The Morgan fingerprint density at radius 2 is 0.667 bits per heavy atom. The Kier molecular flexibility index (Phi) is 5.98. The average Bonchev–Trinajstić information content (AvgIpc) is 3.16. The molecular weight excluding hydrogens is 577 g/mol. The topological polar surface area (TPSA) is 0 Å². The molecule has 0 aliphatic heterocycles. The van der Waals surface area contributed by atoms with Crippen LogP contribution in [0.1, 0.15) is 0 Å². The van der Waals surface area contributed by atoms with Crippen molar-refractivity contribution in [2.45, 2.75) is 0 Å². The lowest BCUT2D eigenvalue weighted by Crippen LogP contribution is -1.92. The smallest absolute Gasteiger partial charge is 0.00201 e. The Balaban J connectivity index is 1.23. The maximum absolute atomic E-state index is 2.42. The van der Waals surface area contributed by atoms with Crippen LogP contribution < -0.4 is 0 Å². The van der Waals surface area contributed by atoms with Gasteiger partial charge < -0.3 is 0 Å². The molecule has 0 N–H and O–H groups in total. The quantitative estimate of drug-likeness (QED) is 0.139. The van der Waals surface area contributed by atoms with Gasteiger partial charge in [0.1, 0.15) is 0 Å². The monoisotopic (exact) mass is 606 g/mol. The van der Waals surface area contributed by atoms with Gasteiger partial charge in [0.15, 0.2) is 0 Å². The van der Waals surface area contributed by atoms with Crippen LogP contribution in [-0.4, -0.2) is 0 Å². The van der Waals surface area contributed by atoms with Crippen LogP contribution in [0.15, 0.2) is 182 Å². The fraction of sp³-hybridized carbons (Fsp3) is 0. The largest absolute Gasteiger partial charge is 0.0616 e. The summed E-state index contributed by atoms with van der Waals surface area (Å²) >= 11 is 0. The first-order chi connectivity index (χ1) is 23.8. The van der Waals surface area contributed by atoms with Gasteiger partial charge in [-0.2, -0.15) is 0 Å². The predicted molar refractivity (Wildman–Crippen MR) is 208 cm³/mol. The Morgan fingerprint density at radius 1 is 0.208 bits per heavy atom. The lowest BCUT2D eigenvalue weighted by atomic mass is 9.84. The Bertz CT molecular complexity index is 2810. The second-order valence-electron chi connectivity index (χ2n) is 12.8. The van der Waals surface area contributed by atoms with Crippen molar-refractivity contribution in [3.05, 3.63) is 182 Å². The molecule has 222 valence electrons. The van der Waals surface area contributed by atoms with Gasteiger partial charge in [0.2, 0.25) is 0 Å². The SMILES string of the molecule is c1ccc2c(-c3ccc(-c4c5ccccc5c(-c5cccc6cc7ccc8ccccc8c7cc56)c5ccccc45)cc3)cccc2c1. The molecule has 0 unspecified atom stereocenters. The number of fused-ring (bicyclic) bond motifs is 7. The zero-order chi connectivity index (χ0) is 31.6. The molecule has 0 heterocycles. The summed E-state index contributed by atoms with van der Waals surface area (Å²) in [5.74, 6) is 0. The van der Waals surface area contributed by atoms with E-state index in [4.69, 9.17) is 0 Å². The molecule has 0 heteroatoms. The van der Waals surface area contributed by atoms with E-state index >= 15 is 0 Å². The van der Waals surface area contributed by atoms with Crippen LogP contribution in [0.4, 0.5) is 0 Å². The van der Waals surface area contributed by atoms with Gasteiger partial charge in [-0.05, 0) is 110 Å². The fourth-order valence-corrected chi connectivity index (χ4v) is 8.02. The lowest BCUT2D eigenvalue weighted by Gasteiger charge is -2.19. The third-order valence-corrected chi connectivity index (χ3v) is 10.2. The van der Waals surface area contributed by atoms with Crippen molar-refractivity contribution in [2.24, 2.45) is 0 Å². The standard InChI is InChI=1S/C48H30/c1-3-15-37-31(11-1)13-9-21-38(37)33-23-26-34(27-24-33)47-40-17-5-7-19-42(40)48(43-20-8-6-18-41(43)47)44-22-10-14-35-29-36-28-25-32-12-2-4-16-39(32)45(36)30-46(35)44/h1-30H. The number of benzene rings is 10. The maximum Gasteiger partial charge on any atom is -0.00201 e. The summed E-state index contributed by atoms with van der Waals surface area (Å²) < 4.78 is 0. The molecule has 0 aromatic heterocycles. The molecular formula is C48H30. The number of hydrogen-bond donors (Lipinski definition) is 0. The zero-order valence-electron chi connectivity index (χ0n) is 26.3. The van der Waals surface area contributed by atoms with Crippen LogP contribution in [-0.2, 0) is 0 Å². The summed E-state index contributed by atoms with van der Waals surface area (Å²) in [5, 5.41) is 15.3. The van der Waals surface area contributed by atoms with Crippen LogP contribution in [0, 0.1) is 0 Å². The molecule has 48 heavy (non-hydrogen) atoms. The van der Waals surface area contributed by atoms with E-state index in [9.17, 15) is 0 Å². The summed E-state index contributed by atoms with van der Waals surface area (Å²) in [5.41, 5.74) is 7.58. The van der Waals surface area contributed by atoms with Crippen molar-refractivity contribution in [1.82, 2.24) is 0 Å². The van der Waals surface area contributed by atoms with Gasteiger partial charge in [0.25, 0.3) is 0 Å². The average molecular weight is 607 g/mol. The van der Waals surface area contributed by atoms with Gasteiger partial charge in [-0.3, -0.25) is 0 Å². The molecule has 0 amide bonds. The molecule has 0 radical (unpaired) electrons. The van der Waals surface area contributed by atoms with Gasteiger partial charge in [-0.1, -0.05) is 170 Å². The highest BCUT2D eigenvalue weighted by molar-refractivity contribution is 6.24. The van der Waals surface area contributed by atoms with Crippen LogP contribution >= 0.6 is 0 Å². The number of rotatable bonds is 3. The van der Waals surface area contributed by atoms with Crippen LogP contribution in [0.3, 0.4) is 0 Å². The van der Waals surface area contributed by atoms with Crippen LogP contribution in [0.25, 0.3) is 98.0 Å². The highest BCUT2D eigenvalue weighted by Gasteiger charge is 2.18. The van der Waals surface area contributed by atoms with Crippen molar-refractivity contribution in [3.63, 3.8) is 0 Å². The van der Waals surface area contributed by atoms with Gasteiger partial charge in [0, 0.05) is 0 Å². The maximum atomic E-state index is 2.42. The molecule has 0 nitrogen and oxygen atoms in total. The van der Waals surface area contributed by atoms with Crippen molar-refractivity contribution in [3.8, 4) is 33.4 Å². The molecule has 10 aromatic rings. The van der Waals surface area contributed by atoms with Crippen molar-refractivity contribution in [2.75, 3.05) is 0 Å². The van der Waals surface area contributed by atoms with Gasteiger partial charge >= 0.3 is 0 Å². The molecule has 0 spiro atoms. The Morgan fingerprint density at radius 3 is 1.35 bits per heavy atom. The van der Waals surface area contributed by atoms with E-state index in [1.54, 1.807) is 0 Å². The highest BCUT2D eigenvalue weighted by Crippen LogP contribution is 2.46. The minimum absolute atomic E-state index is 1.23. The van der Waals surface area contributed by atoms with Crippen molar-refractivity contribution < 1.29 is 0 Å². The van der Waals surface area contributed by atoms with Crippen molar-refractivity contribution >= 4 is 64.6 Å². The summed E-state index contributed by atoms with van der Waals surface area (Å²) in [6.07, 6.45) is 0. The normalized spacial score (nSPS) is 11.8. The summed E-state index contributed by atoms with van der Waals surface area (Å²) in [7, 11) is 0. The van der Waals surface area contributed by atoms with Crippen LogP contribution in [0.2, 0.25) is 0 Å². The first-order valence-electron chi connectivity index (χ1n) is 16.7. The van der Waals surface area contributed by atoms with E-state index in [1.807, 2.05) is 0 Å². The first kappa shape index (κ1) is 26.9. The number of hydrogen-bond acceptors (Lipinski definition) is 0. The minimum Gasteiger partial charge on any atom is -0.0616 e. The molecule has 10 rings (SSSR count). The van der Waals surface area contributed by atoms with E-state index in [2.05, 4.69) is 182 Å². The third-order valence-electron chi connectivity index (χ3n) is 10.2. The summed E-state index contributed by atoms with van der Waals surface area (Å²) in [6, 6.07) is 67.1. The molecule has 0 atom stereocenters. The fourth-order valence-electron chi connectivity index (χ4n) is 8.02. The Labute approximate surface area is 279 Å². The molecule has 0 saturated heterocycles. The van der Waals surface area contributed by atoms with E-state index in [1.165, 1.54) is 98.0 Å². The predicted octanol–water partition coefficient (Wildman–Crippen LogP) is 13.6. The molecule has 0 aliphatic rings. The second kappa shape index (κ2) is 10.7. The molecule has 0 fully saturated rings. The lowest BCUT2D eigenvalue weighted by molar-refractivity contribution is 1.63. The van der Waals surface area contributed by atoms with E-state index in [-0.39, 0.29) is 0 Å². The Hall–Kier alpha value is -6.24. The third kappa shape index (κ3) is 4.10. The molecule has 10 aromatic carbocycles. The molecule has 0 saturated carbocycles. The van der Waals surface area contributed by atoms with Gasteiger partial charge in [-0.25, -0.2) is 0 Å². The summed E-state index contributed by atoms with van der Waals surface area (Å²) in [6.45, 7) is 0. The highest BCUT2D eigenvalue weighted by atomic mass is 14.2. The van der Waals surface area contributed by atoms with E-state index < -0.39 is 0 Å². The van der Waals surface area contributed by atoms with E-state index in [0.717, 1.165) is 0 Å². The van der Waals surface area contributed by atoms with Gasteiger partial charge in [-0.15, -0.1) is 0 Å². The van der Waals surface area contributed by atoms with Crippen molar-refractivity contribution in [1.29, 1.82) is 0 Å². The zero-order valence-corrected chi connectivity index (χ0v) is 26.3. The van der Waals surface area contributed by atoms with Gasteiger partial charge in [0.05, 0.1) is 0 Å². The minimum atomic E-state index is 1.23. The summed E-state index contributed by atoms with van der Waals surface area (Å²) in [4.78, 5) is 0. The molecule has 0 aliphatic carbocycles. The van der Waals surface area contributed by atoms with Crippen LogP contribution in [0.5, 0.6) is 0 Å². The van der Waals surface area contributed by atoms with E-state index in [0.29, 0.717) is 0 Å².